The molecule has 0 amide bonds. The summed E-state index contributed by atoms with van der Waals surface area (Å²) < 4.78 is 66.0. The highest BCUT2D eigenvalue weighted by Gasteiger charge is 2.32. The van der Waals surface area contributed by atoms with Crippen molar-refractivity contribution < 1.29 is 56.1 Å². The molecule has 0 unspecified atom stereocenters. The van der Waals surface area contributed by atoms with Gasteiger partial charge in [0.15, 0.2) is 5.75 Å². The van der Waals surface area contributed by atoms with E-state index >= 15 is 4.39 Å². The first-order valence-corrected chi connectivity index (χ1v) is 19.1. The van der Waals surface area contributed by atoms with Crippen LogP contribution in [0.25, 0.3) is 10.9 Å². The second-order valence-corrected chi connectivity index (χ2v) is 14.3. The number of carbonyl (C=O) groups is 4. The number of carbonyl (C=O) groups excluding carboxylic acids is 4. The fourth-order valence-electron chi connectivity index (χ4n) is 6.25. The summed E-state index contributed by atoms with van der Waals surface area (Å²) in [6.45, 7) is 1.95. The zero-order chi connectivity index (χ0) is 43.4. The lowest BCUT2D eigenvalue weighted by atomic mass is 10.1. The van der Waals surface area contributed by atoms with Gasteiger partial charge in [0.25, 0.3) is 0 Å². The highest BCUT2D eigenvalue weighted by atomic mass is 35.5. The number of esters is 3. The molecule has 1 atom stereocenters. The molecule has 0 bridgehead atoms. The maximum atomic E-state index is 15.9. The van der Waals surface area contributed by atoms with Gasteiger partial charge >= 0.3 is 24.1 Å². The molecule has 2 aliphatic rings. The minimum Gasteiger partial charge on any atom is -0.542 e. The number of carboxylic acid groups (broad SMARTS) is 1. The lowest BCUT2D eigenvalue weighted by molar-refractivity contribution is -0.344. The van der Waals surface area contributed by atoms with Crippen molar-refractivity contribution >= 4 is 52.1 Å². The number of nitrogens with two attached hydrogens (primary N) is 1. The number of aliphatic carboxylic acids is 1. The van der Waals surface area contributed by atoms with Gasteiger partial charge in [-0.3, -0.25) is 19.4 Å². The van der Waals surface area contributed by atoms with Crippen molar-refractivity contribution in [1.82, 2.24) is 9.55 Å². The maximum absolute atomic E-state index is 15.9. The number of alkyl halides is 3. The van der Waals surface area contributed by atoms with E-state index in [1.807, 2.05) is 4.90 Å². The summed E-state index contributed by atoms with van der Waals surface area (Å²) >= 11 is 6.94. The summed E-state index contributed by atoms with van der Waals surface area (Å²) in [5, 5.41) is 8.81. The molecule has 1 aromatic carbocycles. The van der Waals surface area contributed by atoms with Crippen molar-refractivity contribution in [3.8, 4) is 30.4 Å². The van der Waals surface area contributed by atoms with Crippen LogP contribution in [0.3, 0.4) is 0 Å². The number of pyridine rings is 2. The van der Waals surface area contributed by atoms with E-state index in [-0.39, 0.29) is 76.8 Å². The third-order valence-corrected chi connectivity index (χ3v) is 9.73. The lowest BCUT2D eigenvalue weighted by Crippen LogP contribution is -2.37. The summed E-state index contributed by atoms with van der Waals surface area (Å²) in [5.41, 5.74) is 6.46. The highest BCUT2D eigenvalue weighted by molar-refractivity contribution is 6.38. The zero-order valence-electron chi connectivity index (χ0n) is 32.1. The van der Waals surface area contributed by atoms with Crippen LogP contribution < -0.4 is 25.9 Å². The first-order chi connectivity index (χ1) is 28.0. The van der Waals surface area contributed by atoms with Crippen LogP contribution in [0.1, 0.15) is 104 Å². The summed E-state index contributed by atoms with van der Waals surface area (Å²) in [4.78, 5) is 67.8. The van der Waals surface area contributed by atoms with Crippen molar-refractivity contribution in [3.05, 3.63) is 61.9 Å². The molecule has 3 aromatic rings. The van der Waals surface area contributed by atoms with Crippen LogP contribution in [0.2, 0.25) is 5.02 Å². The average molecular weight is 846 g/mol. The fourth-order valence-corrected chi connectivity index (χ4v) is 6.66. The summed E-state index contributed by atoms with van der Waals surface area (Å²) in [6.07, 6.45) is 14.1. The van der Waals surface area contributed by atoms with Gasteiger partial charge in [-0.25, -0.2) is 9.18 Å². The maximum Gasteiger partial charge on any atom is 0.430 e. The number of carboxylic acids is 1. The molecule has 1 aliphatic carbocycles. The van der Waals surface area contributed by atoms with Crippen LogP contribution in [0.15, 0.2) is 23.3 Å². The molecular weight excluding hydrogens is 804 g/mol. The van der Waals surface area contributed by atoms with Gasteiger partial charge in [-0.1, -0.05) is 18.0 Å². The molecule has 2 aromatic heterocycles. The van der Waals surface area contributed by atoms with Gasteiger partial charge in [0, 0.05) is 74.4 Å². The van der Waals surface area contributed by atoms with Gasteiger partial charge in [-0.05, 0) is 51.5 Å². The predicted molar refractivity (Wildman–Crippen MR) is 205 cm³/mol. The number of ether oxygens (including phenoxy) is 3. The Hall–Kier alpha value is -5.65. The zero-order valence-corrected chi connectivity index (χ0v) is 32.9. The Bertz CT molecular complexity index is 2210. The van der Waals surface area contributed by atoms with E-state index in [1.165, 1.54) is 12.4 Å². The van der Waals surface area contributed by atoms with Crippen LogP contribution in [0.4, 0.5) is 23.2 Å². The number of terminal acetylenes is 2. The van der Waals surface area contributed by atoms with E-state index in [4.69, 9.17) is 54.3 Å². The smallest absolute Gasteiger partial charge is 0.430 e. The van der Waals surface area contributed by atoms with E-state index in [0.717, 1.165) is 38.2 Å². The topological polar surface area (TPSA) is 183 Å². The molecule has 5 rings (SSSR count). The van der Waals surface area contributed by atoms with Crippen LogP contribution in [0, 0.1) is 37.4 Å². The number of hydrogen-bond acceptors (Lipinski definition) is 12. The number of nitrogens with zero attached hydrogens (tertiary/aromatic N) is 3. The van der Waals surface area contributed by atoms with Crippen LogP contribution in [-0.4, -0.2) is 58.7 Å². The Labute approximate surface area is 342 Å². The molecule has 0 radical (unpaired) electrons. The van der Waals surface area contributed by atoms with E-state index < -0.39 is 41.3 Å². The van der Waals surface area contributed by atoms with Gasteiger partial charge in [-0.15, -0.1) is 24.7 Å². The number of halogens is 5. The average Bonchev–Trinajstić information content (AvgIpc) is 4.04. The lowest BCUT2D eigenvalue weighted by Gasteiger charge is -2.27. The number of benzene rings is 1. The Morgan fingerprint density at radius 2 is 1.64 bits per heavy atom. The van der Waals surface area contributed by atoms with E-state index in [9.17, 15) is 32.3 Å². The Kier molecular flexibility index (Phi) is 16.3. The predicted octanol–water partition coefficient (Wildman–Crippen LogP) is 5.36. The molecule has 1 aliphatic heterocycles. The SMILES string of the molecule is C#CCCCC(=O)OCc1cnc(C)c(OC(=O)c2cn(C3CC3)c3c(Cl)c(N4CCCC[C@@H](N)C4)c(F)cc3c2=O)c1COC(=O)CCCC#C.O=C([O-])C(F)(F)F. The first-order valence-electron chi connectivity index (χ1n) is 18.7. The molecule has 18 heteroatoms. The van der Waals surface area contributed by atoms with Crippen LogP contribution >= 0.6 is 11.6 Å². The fraction of sp³-hybridized carbons (Fsp3) is 0.463. The largest absolute Gasteiger partial charge is 0.542 e. The molecule has 13 nitrogen and oxygen atoms in total. The monoisotopic (exact) mass is 845 g/mol. The van der Waals surface area contributed by atoms with E-state index in [1.54, 1.807) is 11.5 Å². The van der Waals surface area contributed by atoms with Crippen molar-refractivity contribution in [1.29, 1.82) is 0 Å². The number of unbranched alkanes of at least 4 members (excludes halogenated alkanes) is 2. The molecule has 316 valence electrons. The van der Waals surface area contributed by atoms with Crippen molar-refractivity contribution in [2.45, 2.75) is 109 Å². The third-order valence-electron chi connectivity index (χ3n) is 9.37. The molecule has 0 spiro atoms. The van der Waals surface area contributed by atoms with Gasteiger partial charge < -0.3 is 39.3 Å². The molecule has 1 saturated carbocycles. The summed E-state index contributed by atoms with van der Waals surface area (Å²) in [6, 6.07) is 0.908. The summed E-state index contributed by atoms with van der Waals surface area (Å²) in [5.74, 6) is -0.910. The van der Waals surface area contributed by atoms with Crippen molar-refractivity contribution in [2.75, 3.05) is 18.0 Å². The summed E-state index contributed by atoms with van der Waals surface area (Å²) in [7, 11) is 0. The second-order valence-electron chi connectivity index (χ2n) is 13.9. The normalized spacial score (nSPS) is 15.2. The van der Waals surface area contributed by atoms with Crippen molar-refractivity contribution in [3.63, 3.8) is 0 Å². The quantitative estimate of drug-likeness (QED) is 0.0951. The van der Waals surface area contributed by atoms with E-state index in [0.29, 0.717) is 49.9 Å². The van der Waals surface area contributed by atoms with Crippen LogP contribution in [-0.2, 0) is 37.1 Å². The first kappa shape index (κ1) is 46.0. The minimum atomic E-state index is -5.19. The molecular formula is C41H42ClF4N4O9-. The Morgan fingerprint density at radius 3 is 2.22 bits per heavy atom. The number of rotatable bonds is 14. The molecule has 2 fully saturated rings. The van der Waals surface area contributed by atoms with Crippen molar-refractivity contribution in [2.24, 2.45) is 5.73 Å². The number of hydrogen-bond donors (Lipinski definition) is 1. The number of aryl methyl sites for hydroxylation is 1. The molecule has 2 N–H and O–H groups in total. The molecule has 1 saturated heterocycles. The highest BCUT2D eigenvalue weighted by Crippen LogP contribution is 2.42. The second kappa shape index (κ2) is 20.9. The standard InChI is InChI=1S/C39H42ClFN4O7.C2HF3O2/c1-4-6-8-13-32(46)50-22-25-19-43-24(3)38(30(25)23-51-33(47)14-9-7-5-2)52-39(49)29-21-45(27-15-16-27)35-28(37(29)48)18-31(41)36(34(35)40)44-17-11-10-12-26(42)20-44;3-2(4,5)1(6)7/h1-2,18-19,21,26-27H,6-17,20,22-23,42H2,3H3;(H,6,7)/p-1/t26-;/m1./s1. The molecule has 3 heterocycles. The Balaban J connectivity index is 0.00000101. The van der Waals surface area contributed by atoms with E-state index in [2.05, 4.69) is 16.8 Å². The van der Waals surface area contributed by atoms with Gasteiger partial charge in [0.1, 0.15) is 30.6 Å². The Morgan fingerprint density at radius 1 is 1.03 bits per heavy atom. The molecule has 59 heavy (non-hydrogen) atoms. The number of aromatic nitrogens is 2. The third kappa shape index (κ3) is 12.4. The number of fused-ring (bicyclic) bond motifs is 1. The van der Waals surface area contributed by atoms with Gasteiger partial charge in [-0.2, -0.15) is 13.2 Å². The van der Waals surface area contributed by atoms with Crippen LogP contribution in [0.5, 0.6) is 5.75 Å². The van der Waals surface area contributed by atoms with Gasteiger partial charge in [0.2, 0.25) is 5.43 Å². The van der Waals surface area contributed by atoms with Gasteiger partial charge in [0.05, 0.1) is 27.3 Å². The number of anilines is 1. The minimum absolute atomic E-state index is 0.0616.